The summed E-state index contributed by atoms with van der Waals surface area (Å²) in [5.74, 6) is -1.07. The van der Waals surface area contributed by atoms with Crippen LogP contribution in [0, 0.1) is 5.41 Å². The van der Waals surface area contributed by atoms with Crippen molar-refractivity contribution in [3.8, 4) is 5.69 Å². The van der Waals surface area contributed by atoms with Crippen LogP contribution < -0.4 is 5.32 Å². The van der Waals surface area contributed by atoms with E-state index < -0.39 is 5.97 Å². The third-order valence-electron chi connectivity index (χ3n) is 4.80. The van der Waals surface area contributed by atoms with Crippen molar-refractivity contribution in [1.29, 1.82) is 0 Å². The van der Waals surface area contributed by atoms with Crippen LogP contribution >= 0.6 is 0 Å². The number of carbonyl (C=O) groups is 2. The first-order valence-electron chi connectivity index (χ1n) is 8.12. The molecule has 1 aliphatic rings. The monoisotopic (exact) mass is 328 g/mol. The van der Waals surface area contributed by atoms with Gasteiger partial charge >= 0.3 is 5.97 Å². The maximum Gasteiger partial charge on any atom is 0.358 e. The number of anilines is 1. The lowest BCUT2D eigenvalue weighted by Crippen LogP contribution is -2.33. The van der Waals surface area contributed by atoms with Gasteiger partial charge in [0.15, 0.2) is 5.69 Å². The van der Waals surface area contributed by atoms with Crippen molar-refractivity contribution in [2.45, 2.75) is 39.0 Å². The normalized spacial score (nSPS) is 16.0. The van der Waals surface area contributed by atoms with Crippen molar-refractivity contribution in [2.75, 3.05) is 5.32 Å². The fourth-order valence-electron chi connectivity index (χ4n) is 3.27. The van der Waals surface area contributed by atoms with E-state index in [1.54, 1.807) is 18.2 Å². The highest BCUT2D eigenvalue weighted by Gasteiger charge is 2.39. The molecule has 0 atom stereocenters. The van der Waals surface area contributed by atoms with E-state index in [-0.39, 0.29) is 17.0 Å². The zero-order valence-electron chi connectivity index (χ0n) is 13.5. The minimum atomic E-state index is -1.13. The van der Waals surface area contributed by atoms with Crippen LogP contribution in [0.4, 0.5) is 5.69 Å². The fraction of sp³-hybridized carbons (Fsp3) is 0.412. The third-order valence-corrected chi connectivity index (χ3v) is 4.80. The summed E-state index contributed by atoms with van der Waals surface area (Å²) in [5, 5.41) is 19.3. The van der Waals surface area contributed by atoms with E-state index in [0.717, 1.165) is 32.1 Å². The summed E-state index contributed by atoms with van der Waals surface area (Å²) >= 11 is 0. The first kappa shape index (κ1) is 16.2. The molecule has 1 heterocycles. The predicted octanol–water partition coefficient (Wildman–Crippen LogP) is 2.87. The Balaban J connectivity index is 1.80. The summed E-state index contributed by atoms with van der Waals surface area (Å²) in [5.41, 5.74) is 0.925. The second kappa shape index (κ2) is 6.43. The minimum absolute atomic E-state index is 0.0597. The molecule has 0 bridgehead atoms. The fourth-order valence-corrected chi connectivity index (χ4v) is 3.27. The Bertz CT molecular complexity index is 763. The van der Waals surface area contributed by atoms with Gasteiger partial charge in [-0.05, 0) is 37.5 Å². The molecule has 2 N–H and O–H groups in total. The average Bonchev–Trinajstić information content (AvgIpc) is 3.25. The van der Waals surface area contributed by atoms with Crippen molar-refractivity contribution in [2.24, 2.45) is 5.41 Å². The highest BCUT2D eigenvalue weighted by atomic mass is 16.4. The zero-order valence-corrected chi connectivity index (χ0v) is 13.5. The van der Waals surface area contributed by atoms with Crippen molar-refractivity contribution in [3.63, 3.8) is 0 Å². The van der Waals surface area contributed by atoms with Crippen molar-refractivity contribution < 1.29 is 14.7 Å². The molecule has 0 saturated heterocycles. The number of amides is 1. The third kappa shape index (κ3) is 3.02. The van der Waals surface area contributed by atoms with Crippen molar-refractivity contribution in [1.82, 2.24) is 15.0 Å². The molecule has 0 aliphatic heterocycles. The molecule has 7 nitrogen and oxygen atoms in total. The zero-order chi connectivity index (χ0) is 17.2. The summed E-state index contributed by atoms with van der Waals surface area (Å²) in [7, 11) is 0. The molecule has 2 aromatic rings. The summed E-state index contributed by atoms with van der Waals surface area (Å²) in [4.78, 5) is 23.6. The lowest BCUT2D eigenvalue weighted by molar-refractivity contribution is -0.125. The molecule has 1 fully saturated rings. The molecular formula is C17H20N4O3. The molecule has 1 saturated carbocycles. The maximum absolute atomic E-state index is 12.7. The van der Waals surface area contributed by atoms with E-state index in [4.69, 9.17) is 5.11 Å². The number of aromatic carboxylic acids is 1. The average molecular weight is 328 g/mol. The molecule has 1 aromatic carbocycles. The van der Waals surface area contributed by atoms with Gasteiger partial charge in [-0.3, -0.25) is 4.79 Å². The second-order valence-electron chi connectivity index (χ2n) is 6.20. The van der Waals surface area contributed by atoms with Crippen LogP contribution in [0.25, 0.3) is 5.69 Å². The molecule has 0 unspecified atom stereocenters. The largest absolute Gasteiger partial charge is 0.476 e. The standard InChI is InChI=1S/C17H20N4O3/c1-2-17(8-3-4-9-17)16(24)18-12-6-5-7-13(10-12)21-11-14(15(22)23)19-20-21/h5-7,10-11H,2-4,8-9H2,1H3,(H,18,24)(H,22,23). The topological polar surface area (TPSA) is 97.1 Å². The number of nitrogens with one attached hydrogen (secondary N) is 1. The predicted molar refractivity (Wildman–Crippen MR) is 88.1 cm³/mol. The van der Waals surface area contributed by atoms with Gasteiger partial charge in [0.2, 0.25) is 5.91 Å². The number of benzene rings is 1. The number of hydrogen-bond acceptors (Lipinski definition) is 4. The van der Waals surface area contributed by atoms with Crippen LogP contribution in [0.15, 0.2) is 30.5 Å². The molecule has 1 aliphatic carbocycles. The van der Waals surface area contributed by atoms with Gasteiger partial charge in [0, 0.05) is 11.1 Å². The minimum Gasteiger partial charge on any atom is -0.476 e. The molecule has 126 valence electrons. The van der Waals surface area contributed by atoms with Gasteiger partial charge in [0.05, 0.1) is 11.9 Å². The highest BCUT2D eigenvalue weighted by Crippen LogP contribution is 2.41. The van der Waals surface area contributed by atoms with Gasteiger partial charge in [-0.25, -0.2) is 9.48 Å². The van der Waals surface area contributed by atoms with Crippen LogP contribution in [0.3, 0.4) is 0 Å². The Morgan fingerprint density at radius 2 is 2.08 bits per heavy atom. The van der Waals surface area contributed by atoms with Crippen LogP contribution in [0.2, 0.25) is 0 Å². The van der Waals surface area contributed by atoms with Crippen LogP contribution in [-0.4, -0.2) is 32.0 Å². The second-order valence-corrected chi connectivity index (χ2v) is 6.20. The van der Waals surface area contributed by atoms with Gasteiger partial charge in [-0.2, -0.15) is 0 Å². The molecule has 3 rings (SSSR count). The SMILES string of the molecule is CCC1(C(=O)Nc2cccc(-n3cc(C(=O)O)nn3)c2)CCCC1. The first-order chi connectivity index (χ1) is 11.5. The van der Waals surface area contributed by atoms with Gasteiger partial charge in [0.1, 0.15) is 0 Å². The smallest absolute Gasteiger partial charge is 0.358 e. The van der Waals surface area contributed by atoms with Gasteiger partial charge in [0.25, 0.3) is 0 Å². The number of hydrogen-bond donors (Lipinski definition) is 2. The van der Waals surface area contributed by atoms with E-state index >= 15 is 0 Å². The molecule has 1 amide bonds. The number of carbonyl (C=O) groups excluding carboxylic acids is 1. The maximum atomic E-state index is 12.7. The van der Waals surface area contributed by atoms with E-state index in [2.05, 4.69) is 22.6 Å². The van der Waals surface area contributed by atoms with E-state index in [1.165, 1.54) is 10.9 Å². The quantitative estimate of drug-likeness (QED) is 0.879. The summed E-state index contributed by atoms with van der Waals surface area (Å²) in [6.07, 6.45) is 6.23. The number of rotatable bonds is 5. The first-order valence-corrected chi connectivity index (χ1v) is 8.12. The molecule has 24 heavy (non-hydrogen) atoms. The highest BCUT2D eigenvalue weighted by molar-refractivity contribution is 5.95. The molecular weight excluding hydrogens is 308 g/mol. The van der Waals surface area contributed by atoms with E-state index in [0.29, 0.717) is 11.4 Å². The van der Waals surface area contributed by atoms with Gasteiger partial charge in [-0.1, -0.05) is 31.0 Å². The van der Waals surface area contributed by atoms with Crippen molar-refractivity contribution in [3.05, 3.63) is 36.2 Å². The molecule has 7 heteroatoms. The number of nitrogens with zero attached hydrogens (tertiary/aromatic N) is 3. The number of carboxylic acid groups (broad SMARTS) is 1. The summed E-state index contributed by atoms with van der Waals surface area (Å²) in [6, 6.07) is 7.15. The van der Waals surface area contributed by atoms with E-state index in [9.17, 15) is 9.59 Å². The van der Waals surface area contributed by atoms with Crippen molar-refractivity contribution >= 4 is 17.6 Å². The Kier molecular flexibility index (Phi) is 4.33. The van der Waals surface area contributed by atoms with E-state index in [1.807, 2.05) is 6.07 Å². The summed E-state index contributed by atoms with van der Waals surface area (Å²) < 4.78 is 1.38. The Morgan fingerprint density at radius 3 is 2.71 bits per heavy atom. The van der Waals surface area contributed by atoms with Gasteiger partial charge < -0.3 is 10.4 Å². The Labute approximate surface area is 139 Å². The van der Waals surface area contributed by atoms with Crippen LogP contribution in [0.1, 0.15) is 49.5 Å². The lowest BCUT2D eigenvalue weighted by atomic mass is 9.82. The number of aromatic nitrogens is 3. The van der Waals surface area contributed by atoms with Gasteiger partial charge in [-0.15, -0.1) is 5.10 Å². The van der Waals surface area contributed by atoms with Crippen LogP contribution in [-0.2, 0) is 4.79 Å². The Morgan fingerprint density at radius 1 is 1.33 bits per heavy atom. The Hall–Kier alpha value is -2.70. The van der Waals surface area contributed by atoms with Crippen LogP contribution in [0.5, 0.6) is 0 Å². The lowest BCUT2D eigenvalue weighted by Gasteiger charge is -2.26. The summed E-state index contributed by atoms with van der Waals surface area (Å²) in [6.45, 7) is 2.06. The molecule has 0 radical (unpaired) electrons. The molecule has 0 spiro atoms. The number of carboxylic acids is 1. The molecule has 1 aromatic heterocycles.